The second-order valence-electron chi connectivity index (χ2n) is 8.59. The number of fused-ring (bicyclic) bond motifs is 3. The summed E-state index contributed by atoms with van der Waals surface area (Å²) in [6, 6.07) is 5.70. The zero-order chi connectivity index (χ0) is 20.1. The predicted octanol–water partition coefficient (Wildman–Crippen LogP) is 0.318. The summed E-state index contributed by atoms with van der Waals surface area (Å²) in [7, 11) is 0. The summed E-state index contributed by atoms with van der Waals surface area (Å²) in [5.74, 6) is -1.20. The number of rotatable bonds is 5. The van der Waals surface area contributed by atoms with E-state index in [1.54, 1.807) is 12.1 Å². The molecule has 1 aromatic carbocycles. The van der Waals surface area contributed by atoms with Crippen LogP contribution in [0, 0.1) is 5.92 Å². The number of imide groups is 2. The molecule has 0 spiro atoms. The molecule has 3 N–H and O–H groups in total. The second kappa shape index (κ2) is 7.03. The molecule has 0 radical (unpaired) electrons. The normalized spacial score (nSPS) is 30.8. The second-order valence-corrected chi connectivity index (χ2v) is 8.59. The molecule has 4 fully saturated rings. The topological polar surface area (TPSA) is 108 Å². The van der Waals surface area contributed by atoms with Gasteiger partial charge in [-0.3, -0.25) is 29.4 Å². The van der Waals surface area contributed by atoms with Crippen LogP contribution in [0.2, 0.25) is 0 Å². The number of benzene rings is 1. The molecule has 2 unspecified atom stereocenters. The number of carbonyl (C=O) groups is 4. The summed E-state index contributed by atoms with van der Waals surface area (Å²) in [6.07, 6.45) is 4.02. The summed E-state index contributed by atoms with van der Waals surface area (Å²) in [5.41, 5.74) is 1.60. The average molecular weight is 396 g/mol. The Morgan fingerprint density at radius 1 is 1.00 bits per heavy atom. The molecule has 2 bridgehead atoms. The van der Waals surface area contributed by atoms with Gasteiger partial charge in [0.05, 0.1) is 11.1 Å². The fraction of sp³-hybridized carbons (Fsp3) is 0.524. The van der Waals surface area contributed by atoms with E-state index in [1.807, 2.05) is 6.07 Å². The van der Waals surface area contributed by atoms with Crippen molar-refractivity contribution in [3.05, 3.63) is 34.9 Å². The quantitative estimate of drug-likeness (QED) is 0.619. The maximum Gasteiger partial charge on any atom is 0.262 e. The number of hydrogen-bond donors (Lipinski definition) is 3. The Balaban J connectivity index is 1.24. The zero-order valence-electron chi connectivity index (χ0n) is 16.1. The first-order valence-corrected chi connectivity index (χ1v) is 10.3. The number of hydrogen-bond acceptors (Lipinski definition) is 6. The first-order valence-electron chi connectivity index (χ1n) is 10.3. The van der Waals surface area contributed by atoms with E-state index in [0.29, 0.717) is 35.7 Å². The molecule has 1 aliphatic carbocycles. The Morgan fingerprint density at radius 3 is 2.45 bits per heavy atom. The van der Waals surface area contributed by atoms with E-state index in [9.17, 15) is 19.2 Å². The number of nitrogens with one attached hydrogen (secondary N) is 3. The molecular formula is C21H24N4O4. The van der Waals surface area contributed by atoms with Crippen molar-refractivity contribution in [2.24, 2.45) is 5.92 Å². The maximum atomic E-state index is 12.9. The first-order chi connectivity index (χ1) is 14.0. The highest BCUT2D eigenvalue weighted by Crippen LogP contribution is 2.32. The van der Waals surface area contributed by atoms with Crippen LogP contribution in [0.25, 0.3) is 0 Å². The standard InChI is InChI=1S/C21H24N4O4/c26-18-4-3-17(19(27)24-18)25-20(28)15-2-1-11(7-16(15)21(25)29)9-22-10-12-5-13-8-14(6-12)23-13/h1-2,7,12-14,17,22-23H,3-6,8-10H2,(H,24,26,27)/t12?,13-,14+,17?. The molecule has 8 heteroatoms. The van der Waals surface area contributed by atoms with Gasteiger partial charge in [0.1, 0.15) is 6.04 Å². The molecule has 4 heterocycles. The predicted molar refractivity (Wildman–Crippen MR) is 103 cm³/mol. The van der Waals surface area contributed by atoms with Crippen molar-refractivity contribution in [2.75, 3.05) is 6.54 Å². The van der Waals surface area contributed by atoms with Crippen molar-refractivity contribution >= 4 is 23.6 Å². The fourth-order valence-corrected chi connectivity index (χ4v) is 5.10. The molecular weight excluding hydrogens is 372 g/mol. The number of carbonyl (C=O) groups excluding carboxylic acids is 4. The monoisotopic (exact) mass is 396 g/mol. The molecule has 5 aliphatic rings. The Labute approximate surface area is 168 Å². The van der Waals surface area contributed by atoms with Crippen LogP contribution >= 0.6 is 0 Å². The Morgan fingerprint density at radius 2 is 1.72 bits per heavy atom. The van der Waals surface area contributed by atoms with Gasteiger partial charge in [-0.1, -0.05) is 6.07 Å². The lowest BCUT2D eigenvalue weighted by atomic mass is 9.76. The lowest BCUT2D eigenvalue weighted by Crippen LogP contribution is -2.58. The highest BCUT2D eigenvalue weighted by molar-refractivity contribution is 6.23. The third kappa shape index (κ3) is 3.26. The lowest BCUT2D eigenvalue weighted by molar-refractivity contribution is -0.136. The minimum atomic E-state index is -0.923. The van der Waals surface area contributed by atoms with Crippen LogP contribution in [0.5, 0.6) is 0 Å². The largest absolute Gasteiger partial charge is 0.312 e. The van der Waals surface area contributed by atoms with Gasteiger partial charge >= 0.3 is 0 Å². The molecule has 152 valence electrons. The van der Waals surface area contributed by atoms with E-state index >= 15 is 0 Å². The van der Waals surface area contributed by atoms with Gasteiger partial charge in [0, 0.05) is 25.0 Å². The fourth-order valence-electron chi connectivity index (χ4n) is 5.10. The van der Waals surface area contributed by atoms with Crippen molar-refractivity contribution in [3.8, 4) is 0 Å². The van der Waals surface area contributed by atoms with E-state index in [2.05, 4.69) is 16.0 Å². The van der Waals surface area contributed by atoms with Crippen molar-refractivity contribution in [3.63, 3.8) is 0 Å². The van der Waals surface area contributed by atoms with Crippen LogP contribution < -0.4 is 16.0 Å². The van der Waals surface area contributed by atoms with Gasteiger partial charge in [0.2, 0.25) is 11.8 Å². The molecule has 0 aromatic heterocycles. The molecule has 1 saturated carbocycles. The van der Waals surface area contributed by atoms with Crippen LogP contribution in [-0.2, 0) is 16.1 Å². The number of amides is 4. The SMILES string of the molecule is O=C1CCC(N2C(=O)c3ccc(CNCC4C[C@@H]5C[C@H](C4)N5)cc3C2=O)C(=O)N1. The summed E-state index contributed by atoms with van der Waals surface area (Å²) < 4.78 is 0. The molecule has 6 rings (SSSR count). The molecule has 4 atom stereocenters. The maximum absolute atomic E-state index is 12.9. The lowest BCUT2D eigenvalue weighted by Gasteiger charge is -2.46. The van der Waals surface area contributed by atoms with Gasteiger partial charge in [-0.05, 0) is 55.8 Å². The Bertz CT molecular complexity index is 898. The average Bonchev–Trinajstić information content (AvgIpc) is 2.92. The third-order valence-corrected chi connectivity index (χ3v) is 6.54. The summed E-state index contributed by atoms with van der Waals surface area (Å²) in [4.78, 5) is 50.1. The zero-order valence-corrected chi connectivity index (χ0v) is 16.1. The molecule has 1 aromatic rings. The summed E-state index contributed by atoms with van der Waals surface area (Å²) in [6.45, 7) is 1.58. The van der Waals surface area contributed by atoms with Crippen LogP contribution in [0.4, 0.5) is 0 Å². The van der Waals surface area contributed by atoms with Gasteiger partial charge in [-0.15, -0.1) is 0 Å². The van der Waals surface area contributed by atoms with Crippen LogP contribution in [0.1, 0.15) is 58.4 Å². The number of nitrogens with zero attached hydrogens (tertiary/aromatic N) is 1. The van der Waals surface area contributed by atoms with Gasteiger partial charge in [0.15, 0.2) is 0 Å². The van der Waals surface area contributed by atoms with Crippen molar-refractivity contribution in [1.29, 1.82) is 0 Å². The minimum absolute atomic E-state index is 0.122. The molecule has 4 amide bonds. The van der Waals surface area contributed by atoms with Gasteiger partial charge in [-0.25, -0.2) is 0 Å². The highest BCUT2D eigenvalue weighted by atomic mass is 16.2. The minimum Gasteiger partial charge on any atom is -0.312 e. The Kier molecular flexibility index (Phi) is 4.48. The van der Waals surface area contributed by atoms with E-state index in [4.69, 9.17) is 0 Å². The van der Waals surface area contributed by atoms with Crippen LogP contribution in [0.3, 0.4) is 0 Å². The molecule has 29 heavy (non-hydrogen) atoms. The number of piperidine rings is 2. The summed E-state index contributed by atoms with van der Waals surface area (Å²) >= 11 is 0. The van der Waals surface area contributed by atoms with Crippen LogP contribution in [0.15, 0.2) is 18.2 Å². The third-order valence-electron chi connectivity index (χ3n) is 6.54. The highest BCUT2D eigenvalue weighted by Gasteiger charge is 2.44. The molecule has 8 nitrogen and oxygen atoms in total. The molecule has 3 saturated heterocycles. The van der Waals surface area contributed by atoms with Crippen molar-refractivity contribution in [1.82, 2.24) is 20.9 Å². The van der Waals surface area contributed by atoms with Crippen LogP contribution in [-0.4, -0.2) is 53.2 Å². The van der Waals surface area contributed by atoms with E-state index in [0.717, 1.165) is 17.0 Å². The smallest absolute Gasteiger partial charge is 0.262 e. The van der Waals surface area contributed by atoms with Crippen molar-refractivity contribution < 1.29 is 19.2 Å². The molecule has 4 aliphatic heterocycles. The van der Waals surface area contributed by atoms with Gasteiger partial charge < -0.3 is 10.6 Å². The first kappa shape index (κ1) is 18.4. The van der Waals surface area contributed by atoms with E-state index in [-0.39, 0.29) is 18.7 Å². The van der Waals surface area contributed by atoms with Crippen molar-refractivity contribution in [2.45, 2.75) is 56.8 Å². The van der Waals surface area contributed by atoms with E-state index in [1.165, 1.54) is 19.3 Å². The van der Waals surface area contributed by atoms with Gasteiger partial charge in [-0.2, -0.15) is 0 Å². The van der Waals surface area contributed by atoms with Gasteiger partial charge in [0.25, 0.3) is 11.8 Å². The van der Waals surface area contributed by atoms with E-state index < -0.39 is 23.8 Å². The summed E-state index contributed by atoms with van der Waals surface area (Å²) in [5, 5.41) is 9.23. The Hall–Kier alpha value is -2.58.